The summed E-state index contributed by atoms with van der Waals surface area (Å²) in [5, 5.41) is 3.13. The van der Waals surface area contributed by atoms with Gasteiger partial charge in [-0.05, 0) is 58.5 Å². The highest BCUT2D eigenvalue weighted by atomic mass is 16.2. The Bertz CT molecular complexity index is 329. The first-order valence-corrected chi connectivity index (χ1v) is 8.52. The molecular weight excluding hydrogens is 250 g/mol. The minimum Gasteiger partial charge on any atom is -0.352 e. The lowest BCUT2D eigenvalue weighted by Crippen LogP contribution is -2.52. The summed E-state index contributed by atoms with van der Waals surface area (Å²) in [5.74, 6) is 0.240. The fourth-order valence-electron chi connectivity index (χ4n) is 3.64. The second kappa shape index (κ2) is 6.44. The molecule has 4 heteroatoms. The SMILES string of the molecule is C[C@H](C(=O)NC1CC1)N1CCC(N2CCCCC2)CC1. The molecule has 0 unspecified atom stereocenters. The summed E-state index contributed by atoms with van der Waals surface area (Å²) in [6.07, 6.45) is 8.99. The van der Waals surface area contributed by atoms with Gasteiger partial charge in [0.2, 0.25) is 5.91 Å². The van der Waals surface area contributed by atoms with Crippen LogP contribution in [0.2, 0.25) is 0 Å². The maximum Gasteiger partial charge on any atom is 0.237 e. The molecule has 1 saturated carbocycles. The fraction of sp³-hybridized carbons (Fsp3) is 0.938. The Balaban J connectivity index is 1.43. The lowest BCUT2D eigenvalue weighted by Gasteiger charge is -2.41. The van der Waals surface area contributed by atoms with Crippen LogP contribution in [0.15, 0.2) is 0 Å². The standard InChI is InChI=1S/C16H29N3O/c1-13(16(20)17-14-5-6-14)18-11-7-15(8-12-18)19-9-3-2-4-10-19/h13-15H,2-12H2,1H3,(H,17,20)/t13-/m1/s1. The van der Waals surface area contributed by atoms with Crippen LogP contribution in [-0.2, 0) is 4.79 Å². The topological polar surface area (TPSA) is 35.6 Å². The minimum absolute atomic E-state index is 0.0536. The molecule has 0 aromatic rings. The third kappa shape index (κ3) is 3.53. The Labute approximate surface area is 122 Å². The molecule has 1 aliphatic carbocycles. The van der Waals surface area contributed by atoms with Gasteiger partial charge in [0.25, 0.3) is 0 Å². The summed E-state index contributed by atoms with van der Waals surface area (Å²) >= 11 is 0. The molecule has 0 radical (unpaired) electrons. The molecule has 2 saturated heterocycles. The van der Waals surface area contributed by atoms with Crippen LogP contribution in [0.5, 0.6) is 0 Å². The average molecular weight is 279 g/mol. The van der Waals surface area contributed by atoms with Gasteiger partial charge in [-0.2, -0.15) is 0 Å². The number of hydrogen-bond donors (Lipinski definition) is 1. The smallest absolute Gasteiger partial charge is 0.237 e. The quantitative estimate of drug-likeness (QED) is 0.849. The zero-order valence-corrected chi connectivity index (χ0v) is 12.8. The van der Waals surface area contributed by atoms with E-state index in [9.17, 15) is 4.79 Å². The molecular formula is C16H29N3O. The zero-order valence-electron chi connectivity index (χ0n) is 12.8. The normalized spacial score (nSPS) is 28.2. The number of carbonyl (C=O) groups excluding carboxylic acids is 1. The second-order valence-electron chi connectivity index (χ2n) is 6.82. The molecule has 0 aromatic heterocycles. The Hall–Kier alpha value is -0.610. The van der Waals surface area contributed by atoms with Crippen molar-refractivity contribution in [1.29, 1.82) is 0 Å². The van der Waals surface area contributed by atoms with Crippen molar-refractivity contribution in [2.75, 3.05) is 26.2 Å². The van der Waals surface area contributed by atoms with Crippen molar-refractivity contribution in [3.63, 3.8) is 0 Å². The summed E-state index contributed by atoms with van der Waals surface area (Å²) in [4.78, 5) is 17.2. The highest BCUT2D eigenvalue weighted by molar-refractivity contribution is 5.81. The number of hydrogen-bond acceptors (Lipinski definition) is 3. The first-order chi connectivity index (χ1) is 9.74. The van der Waals surface area contributed by atoms with Crippen LogP contribution in [0.1, 0.15) is 51.9 Å². The van der Waals surface area contributed by atoms with Crippen LogP contribution in [0.4, 0.5) is 0 Å². The van der Waals surface area contributed by atoms with Crippen LogP contribution in [-0.4, -0.2) is 60.0 Å². The van der Waals surface area contributed by atoms with Gasteiger partial charge >= 0.3 is 0 Å². The molecule has 20 heavy (non-hydrogen) atoms. The molecule has 4 nitrogen and oxygen atoms in total. The molecule has 0 aromatic carbocycles. The molecule has 0 bridgehead atoms. The number of amides is 1. The maximum absolute atomic E-state index is 12.1. The van der Waals surface area contributed by atoms with Gasteiger partial charge in [-0.25, -0.2) is 0 Å². The molecule has 1 atom stereocenters. The zero-order chi connectivity index (χ0) is 13.9. The lowest BCUT2D eigenvalue weighted by atomic mass is 9.99. The highest BCUT2D eigenvalue weighted by Gasteiger charge is 2.32. The van der Waals surface area contributed by atoms with Crippen molar-refractivity contribution in [2.45, 2.75) is 70.0 Å². The molecule has 2 heterocycles. The van der Waals surface area contributed by atoms with E-state index in [4.69, 9.17) is 0 Å². The summed E-state index contributed by atoms with van der Waals surface area (Å²) in [5.41, 5.74) is 0. The van der Waals surface area contributed by atoms with Crippen LogP contribution in [0.3, 0.4) is 0 Å². The second-order valence-corrected chi connectivity index (χ2v) is 6.82. The molecule has 3 aliphatic rings. The number of nitrogens with one attached hydrogen (secondary N) is 1. The third-order valence-electron chi connectivity index (χ3n) is 5.26. The van der Waals surface area contributed by atoms with E-state index in [0.29, 0.717) is 6.04 Å². The number of piperidine rings is 2. The van der Waals surface area contributed by atoms with Crippen molar-refractivity contribution in [2.24, 2.45) is 0 Å². The van der Waals surface area contributed by atoms with Crippen molar-refractivity contribution >= 4 is 5.91 Å². The van der Waals surface area contributed by atoms with Gasteiger partial charge < -0.3 is 10.2 Å². The first-order valence-electron chi connectivity index (χ1n) is 8.52. The van der Waals surface area contributed by atoms with Crippen molar-refractivity contribution in [1.82, 2.24) is 15.1 Å². The van der Waals surface area contributed by atoms with E-state index in [0.717, 1.165) is 19.1 Å². The lowest BCUT2D eigenvalue weighted by molar-refractivity contribution is -0.126. The average Bonchev–Trinajstić information content (AvgIpc) is 3.31. The monoisotopic (exact) mass is 279 g/mol. The van der Waals surface area contributed by atoms with Crippen LogP contribution < -0.4 is 5.32 Å². The number of carbonyl (C=O) groups is 1. The van der Waals surface area contributed by atoms with Gasteiger partial charge in [0, 0.05) is 25.2 Å². The van der Waals surface area contributed by atoms with E-state index in [-0.39, 0.29) is 11.9 Å². The van der Waals surface area contributed by atoms with E-state index in [1.54, 1.807) is 0 Å². The number of rotatable bonds is 4. The van der Waals surface area contributed by atoms with Gasteiger partial charge in [0.05, 0.1) is 6.04 Å². The van der Waals surface area contributed by atoms with Crippen LogP contribution in [0, 0.1) is 0 Å². The minimum atomic E-state index is 0.0536. The summed E-state index contributed by atoms with van der Waals surface area (Å²) < 4.78 is 0. The molecule has 3 rings (SSSR count). The number of nitrogens with zero attached hydrogens (tertiary/aromatic N) is 2. The molecule has 1 N–H and O–H groups in total. The van der Waals surface area contributed by atoms with Gasteiger partial charge in [-0.3, -0.25) is 9.69 Å². The molecule has 1 amide bonds. The van der Waals surface area contributed by atoms with Gasteiger partial charge in [0.1, 0.15) is 0 Å². The molecule has 0 spiro atoms. The first kappa shape index (κ1) is 14.3. The Kier molecular flexibility index (Phi) is 4.61. The number of likely N-dealkylation sites (tertiary alicyclic amines) is 2. The van der Waals surface area contributed by atoms with Crippen LogP contribution in [0.25, 0.3) is 0 Å². The Morgan fingerprint density at radius 1 is 1.00 bits per heavy atom. The van der Waals surface area contributed by atoms with E-state index >= 15 is 0 Å². The largest absolute Gasteiger partial charge is 0.352 e. The summed E-state index contributed by atoms with van der Waals surface area (Å²) in [6.45, 7) is 6.82. The maximum atomic E-state index is 12.1. The van der Waals surface area contributed by atoms with E-state index < -0.39 is 0 Å². The van der Waals surface area contributed by atoms with Gasteiger partial charge in [-0.15, -0.1) is 0 Å². The van der Waals surface area contributed by atoms with Crippen molar-refractivity contribution < 1.29 is 4.79 Å². The summed E-state index contributed by atoms with van der Waals surface area (Å²) in [7, 11) is 0. The molecule has 3 fully saturated rings. The van der Waals surface area contributed by atoms with Crippen LogP contribution >= 0.6 is 0 Å². The summed E-state index contributed by atoms with van der Waals surface area (Å²) in [6, 6.07) is 1.30. The van der Waals surface area contributed by atoms with Gasteiger partial charge in [-0.1, -0.05) is 6.42 Å². The van der Waals surface area contributed by atoms with Crippen molar-refractivity contribution in [3.05, 3.63) is 0 Å². The van der Waals surface area contributed by atoms with E-state index in [2.05, 4.69) is 22.0 Å². The Morgan fingerprint density at radius 3 is 2.25 bits per heavy atom. The predicted molar refractivity (Wildman–Crippen MR) is 80.6 cm³/mol. The van der Waals surface area contributed by atoms with E-state index in [1.165, 1.54) is 58.0 Å². The predicted octanol–water partition coefficient (Wildman–Crippen LogP) is 1.60. The van der Waals surface area contributed by atoms with Crippen molar-refractivity contribution in [3.8, 4) is 0 Å². The van der Waals surface area contributed by atoms with Gasteiger partial charge in [0.15, 0.2) is 0 Å². The molecule has 114 valence electrons. The fourth-order valence-corrected chi connectivity index (χ4v) is 3.64. The highest BCUT2D eigenvalue weighted by Crippen LogP contribution is 2.23. The Morgan fingerprint density at radius 2 is 1.65 bits per heavy atom. The van der Waals surface area contributed by atoms with E-state index in [1.807, 2.05) is 0 Å². The third-order valence-corrected chi connectivity index (χ3v) is 5.26. The molecule has 2 aliphatic heterocycles.